The highest BCUT2D eigenvalue weighted by atomic mass is 32.1. The Morgan fingerprint density at radius 2 is 1.87 bits per heavy atom. The maximum absolute atomic E-state index is 12.7. The first-order chi connectivity index (χ1) is 14.4. The fourth-order valence-corrected chi connectivity index (χ4v) is 4.03. The number of carbonyl (C=O) groups excluding carboxylic acids is 1. The Hall–Kier alpha value is -2.95. The van der Waals surface area contributed by atoms with Gasteiger partial charge >= 0.3 is 6.18 Å². The average molecular weight is 436 g/mol. The summed E-state index contributed by atoms with van der Waals surface area (Å²) >= 11 is 1.27. The number of halogens is 3. The third kappa shape index (κ3) is 4.78. The molecule has 2 N–H and O–H groups in total. The van der Waals surface area contributed by atoms with Crippen molar-refractivity contribution in [2.45, 2.75) is 31.9 Å². The molecule has 0 radical (unpaired) electrons. The number of amides is 1. The van der Waals surface area contributed by atoms with Crippen LogP contribution in [-0.2, 0) is 17.4 Å². The summed E-state index contributed by atoms with van der Waals surface area (Å²) in [6, 6.07) is 4.80. The van der Waals surface area contributed by atoms with Crippen molar-refractivity contribution in [2.75, 3.05) is 23.3 Å². The molecular formula is C19H19F3N6OS. The van der Waals surface area contributed by atoms with Crippen LogP contribution in [0.1, 0.15) is 30.5 Å². The largest absolute Gasteiger partial charge is 0.416 e. The van der Waals surface area contributed by atoms with E-state index in [1.54, 1.807) is 5.38 Å². The van der Waals surface area contributed by atoms with E-state index in [1.807, 2.05) is 0 Å². The van der Waals surface area contributed by atoms with Gasteiger partial charge in [-0.2, -0.15) is 18.2 Å². The number of H-pyrrole nitrogens is 1. The maximum Gasteiger partial charge on any atom is 0.416 e. The van der Waals surface area contributed by atoms with Gasteiger partial charge in [-0.3, -0.25) is 10.1 Å². The van der Waals surface area contributed by atoms with Crippen molar-refractivity contribution in [3.05, 3.63) is 40.9 Å². The minimum atomic E-state index is -4.38. The molecule has 4 rings (SSSR count). The lowest BCUT2D eigenvalue weighted by molar-refractivity contribution is -0.137. The fourth-order valence-electron chi connectivity index (χ4n) is 3.21. The van der Waals surface area contributed by atoms with Crippen molar-refractivity contribution in [1.82, 2.24) is 20.2 Å². The van der Waals surface area contributed by atoms with Gasteiger partial charge in [0.05, 0.1) is 17.7 Å². The Kier molecular flexibility index (Phi) is 5.71. The van der Waals surface area contributed by atoms with Crippen molar-refractivity contribution in [2.24, 2.45) is 0 Å². The Morgan fingerprint density at radius 3 is 2.57 bits per heavy atom. The Morgan fingerprint density at radius 1 is 1.13 bits per heavy atom. The molecule has 11 heteroatoms. The van der Waals surface area contributed by atoms with Gasteiger partial charge in [-0.15, -0.1) is 16.4 Å². The van der Waals surface area contributed by atoms with Crippen LogP contribution in [0.2, 0.25) is 0 Å². The van der Waals surface area contributed by atoms with E-state index in [0.717, 1.165) is 38.1 Å². The number of hydrogen-bond acceptors (Lipinski definition) is 6. The molecule has 0 atom stereocenters. The third-order valence-electron chi connectivity index (χ3n) is 4.72. The highest BCUT2D eigenvalue weighted by molar-refractivity contribution is 7.13. The van der Waals surface area contributed by atoms with Gasteiger partial charge in [-0.1, -0.05) is 12.1 Å². The quantitative estimate of drug-likeness (QED) is 0.628. The number of nitrogens with one attached hydrogen (secondary N) is 2. The van der Waals surface area contributed by atoms with E-state index in [0.29, 0.717) is 22.2 Å². The van der Waals surface area contributed by atoms with Gasteiger partial charge < -0.3 is 4.90 Å². The van der Waals surface area contributed by atoms with E-state index in [-0.39, 0.29) is 18.3 Å². The van der Waals surface area contributed by atoms with Crippen molar-refractivity contribution in [3.8, 4) is 10.6 Å². The standard InChI is InChI=1S/C19H19F3N6OS/c20-19(21,22)13-6-4-12(5-7-13)16-23-14(11-30-16)10-15(29)24-17-25-18(27-26-17)28-8-2-1-3-9-28/h4-7,11H,1-3,8-10H2,(H2,24,25,26,27,29). The topological polar surface area (TPSA) is 86.8 Å². The van der Waals surface area contributed by atoms with Crippen LogP contribution < -0.4 is 10.2 Å². The third-order valence-corrected chi connectivity index (χ3v) is 5.66. The number of nitrogens with zero attached hydrogens (tertiary/aromatic N) is 4. The van der Waals surface area contributed by atoms with Gasteiger partial charge in [0, 0.05) is 24.0 Å². The van der Waals surface area contributed by atoms with E-state index in [4.69, 9.17) is 0 Å². The molecule has 1 aromatic carbocycles. The lowest BCUT2D eigenvalue weighted by Crippen LogP contribution is -2.30. The summed E-state index contributed by atoms with van der Waals surface area (Å²) in [5, 5.41) is 11.8. The zero-order chi connectivity index (χ0) is 21.1. The van der Waals surface area contributed by atoms with Crippen LogP contribution in [-0.4, -0.2) is 39.2 Å². The summed E-state index contributed by atoms with van der Waals surface area (Å²) in [6.07, 6.45) is -0.953. The monoisotopic (exact) mass is 436 g/mol. The molecule has 1 amide bonds. The van der Waals surface area contributed by atoms with E-state index >= 15 is 0 Å². The van der Waals surface area contributed by atoms with Crippen molar-refractivity contribution < 1.29 is 18.0 Å². The molecule has 0 saturated carbocycles. The molecule has 0 aliphatic carbocycles. The van der Waals surface area contributed by atoms with Gasteiger partial charge in [0.1, 0.15) is 5.01 Å². The highest BCUT2D eigenvalue weighted by Crippen LogP contribution is 2.31. The zero-order valence-corrected chi connectivity index (χ0v) is 16.7. The molecule has 158 valence electrons. The summed E-state index contributed by atoms with van der Waals surface area (Å²) in [5.74, 6) is 0.544. The normalized spacial score (nSPS) is 14.7. The number of alkyl halides is 3. The number of aromatic nitrogens is 4. The second-order valence-electron chi connectivity index (χ2n) is 6.98. The number of piperidine rings is 1. The first-order valence-corrected chi connectivity index (χ1v) is 10.4. The molecule has 0 unspecified atom stereocenters. The Balaban J connectivity index is 1.35. The van der Waals surface area contributed by atoms with E-state index in [2.05, 4.69) is 30.4 Å². The minimum absolute atomic E-state index is 0.0247. The predicted octanol–water partition coefficient (Wildman–Crippen LogP) is 4.12. The number of carbonyl (C=O) groups is 1. The molecule has 1 aliphatic rings. The van der Waals surface area contributed by atoms with Gasteiger partial charge in [-0.25, -0.2) is 10.1 Å². The van der Waals surface area contributed by atoms with Crippen LogP contribution >= 0.6 is 11.3 Å². The molecule has 3 aromatic rings. The SMILES string of the molecule is O=C(Cc1csc(-c2ccc(C(F)(F)F)cc2)n1)Nc1nc(N2CCCCC2)n[nH]1. The first-order valence-electron chi connectivity index (χ1n) is 9.48. The van der Waals surface area contributed by atoms with Gasteiger partial charge in [-0.05, 0) is 31.4 Å². The lowest BCUT2D eigenvalue weighted by atomic mass is 10.1. The number of aromatic amines is 1. The molecule has 3 heterocycles. The molecule has 0 spiro atoms. The van der Waals surface area contributed by atoms with Crippen LogP contribution in [0.15, 0.2) is 29.6 Å². The molecule has 1 aliphatic heterocycles. The molecule has 30 heavy (non-hydrogen) atoms. The van der Waals surface area contributed by atoms with Gasteiger partial charge in [0.15, 0.2) is 0 Å². The van der Waals surface area contributed by atoms with Gasteiger partial charge in [0.2, 0.25) is 17.8 Å². The summed E-state index contributed by atoms with van der Waals surface area (Å²) in [6.45, 7) is 1.80. The smallest absolute Gasteiger partial charge is 0.340 e. The highest BCUT2D eigenvalue weighted by Gasteiger charge is 2.30. The second-order valence-corrected chi connectivity index (χ2v) is 7.83. The van der Waals surface area contributed by atoms with Crippen LogP contribution in [0.5, 0.6) is 0 Å². The van der Waals surface area contributed by atoms with Gasteiger partial charge in [0.25, 0.3) is 0 Å². The molecule has 0 bridgehead atoms. The summed E-state index contributed by atoms with van der Waals surface area (Å²) in [4.78, 5) is 23.0. The molecule has 7 nitrogen and oxygen atoms in total. The number of rotatable bonds is 5. The summed E-state index contributed by atoms with van der Waals surface area (Å²) in [7, 11) is 0. The van der Waals surface area contributed by atoms with Crippen molar-refractivity contribution in [3.63, 3.8) is 0 Å². The fraction of sp³-hybridized carbons (Fsp3) is 0.368. The van der Waals surface area contributed by atoms with Crippen LogP contribution in [0.3, 0.4) is 0 Å². The second kappa shape index (κ2) is 8.42. The van der Waals surface area contributed by atoms with Crippen molar-refractivity contribution in [1.29, 1.82) is 0 Å². The molecule has 2 aromatic heterocycles. The van der Waals surface area contributed by atoms with E-state index < -0.39 is 11.7 Å². The predicted molar refractivity (Wildman–Crippen MR) is 107 cm³/mol. The summed E-state index contributed by atoms with van der Waals surface area (Å²) in [5.41, 5.74) is 0.391. The Bertz CT molecular complexity index is 1010. The molecule has 1 fully saturated rings. The number of benzene rings is 1. The van der Waals surface area contributed by atoms with Crippen LogP contribution in [0, 0.1) is 0 Å². The van der Waals surface area contributed by atoms with Crippen molar-refractivity contribution >= 4 is 29.1 Å². The average Bonchev–Trinajstić information content (AvgIpc) is 3.38. The number of hydrogen-bond donors (Lipinski definition) is 2. The van der Waals surface area contributed by atoms with E-state index in [1.165, 1.54) is 29.9 Å². The van der Waals surface area contributed by atoms with E-state index in [9.17, 15) is 18.0 Å². The zero-order valence-electron chi connectivity index (χ0n) is 15.9. The lowest BCUT2D eigenvalue weighted by Gasteiger charge is -2.24. The first kappa shape index (κ1) is 20.3. The van der Waals surface area contributed by atoms with Crippen LogP contribution in [0.25, 0.3) is 10.6 Å². The number of anilines is 2. The maximum atomic E-state index is 12.7. The Labute approximate surface area is 174 Å². The molecular weight excluding hydrogens is 417 g/mol. The molecule has 1 saturated heterocycles. The number of thiazole rings is 1. The van der Waals surface area contributed by atoms with Crippen LogP contribution in [0.4, 0.5) is 25.1 Å². The minimum Gasteiger partial charge on any atom is -0.340 e. The summed E-state index contributed by atoms with van der Waals surface area (Å²) < 4.78 is 38.1.